The molecular weight excluding hydrogens is 261 g/mol. The molecule has 1 aromatic carbocycles. The molecule has 0 radical (unpaired) electrons. The van der Waals surface area contributed by atoms with Crippen LogP contribution in [0.2, 0.25) is 0 Å². The van der Waals surface area contributed by atoms with E-state index in [-0.39, 0.29) is 0 Å². The predicted octanol–water partition coefficient (Wildman–Crippen LogP) is 3.86. The quantitative estimate of drug-likeness (QED) is 0.509. The molecule has 0 spiro atoms. The largest absolute Gasteiger partial charge is 0.408 e. The van der Waals surface area contributed by atoms with Gasteiger partial charge in [0, 0.05) is 13.1 Å². The molecule has 0 saturated carbocycles. The second kappa shape index (κ2) is 8.28. The van der Waals surface area contributed by atoms with Crippen molar-refractivity contribution in [3.63, 3.8) is 0 Å². The molecule has 4 nitrogen and oxygen atoms in total. The van der Waals surface area contributed by atoms with Gasteiger partial charge in [-0.3, -0.25) is 9.05 Å². The van der Waals surface area contributed by atoms with E-state index >= 15 is 0 Å². The smallest absolute Gasteiger partial charge is 0.297 e. The van der Waals surface area contributed by atoms with Crippen molar-refractivity contribution < 1.29 is 13.6 Å². The van der Waals surface area contributed by atoms with Crippen LogP contribution in [0.4, 0.5) is 0 Å². The van der Waals surface area contributed by atoms with Crippen LogP contribution >= 0.6 is 7.75 Å². The van der Waals surface area contributed by atoms with Crippen molar-refractivity contribution in [3.05, 3.63) is 48.6 Å². The number of hydrogen-bond donors (Lipinski definition) is 0. The Labute approximate surface area is 115 Å². The fourth-order valence-electron chi connectivity index (χ4n) is 1.72. The lowest BCUT2D eigenvalue weighted by atomic mass is 10.2. The fraction of sp³-hybridized carbons (Fsp3) is 0.429. The molecule has 0 N–H and O–H groups in total. The molecule has 0 heterocycles. The summed E-state index contributed by atoms with van der Waals surface area (Å²) in [5, 5.41) is 0. The van der Waals surface area contributed by atoms with Crippen LogP contribution in [0.1, 0.15) is 19.4 Å². The van der Waals surface area contributed by atoms with Crippen LogP contribution in [0, 0.1) is 0 Å². The molecule has 0 aliphatic carbocycles. The lowest BCUT2D eigenvalue weighted by Gasteiger charge is -2.28. The van der Waals surface area contributed by atoms with Gasteiger partial charge in [0.05, 0.1) is 13.2 Å². The predicted molar refractivity (Wildman–Crippen MR) is 77.9 cm³/mol. The van der Waals surface area contributed by atoms with Crippen molar-refractivity contribution >= 4 is 7.75 Å². The Morgan fingerprint density at radius 2 is 1.79 bits per heavy atom. The summed E-state index contributed by atoms with van der Waals surface area (Å²) in [7, 11) is -3.25. The van der Waals surface area contributed by atoms with E-state index in [0.717, 1.165) is 5.56 Å². The molecule has 0 fully saturated rings. The molecule has 19 heavy (non-hydrogen) atoms. The van der Waals surface area contributed by atoms with Crippen LogP contribution < -0.4 is 0 Å². The Hall–Kier alpha value is -0.930. The van der Waals surface area contributed by atoms with E-state index in [1.807, 2.05) is 30.3 Å². The molecule has 0 unspecified atom stereocenters. The molecule has 1 rings (SSSR count). The van der Waals surface area contributed by atoms with Crippen molar-refractivity contribution in [2.75, 3.05) is 19.8 Å². The second-order valence-electron chi connectivity index (χ2n) is 3.93. The van der Waals surface area contributed by atoms with Crippen molar-refractivity contribution in [1.29, 1.82) is 0 Å². The van der Waals surface area contributed by atoms with Crippen molar-refractivity contribution in [2.45, 2.75) is 20.4 Å². The van der Waals surface area contributed by atoms with Gasteiger partial charge < -0.3 is 0 Å². The Bertz CT molecular complexity index is 412. The molecule has 1 aromatic rings. The van der Waals surface area contributed by atoms with Gasteiger partial charge in [0.2, 0.25) is 0 Å². The highest BCUT2D eigenvalue weighted by atomic mass is 31.2. The molecule has 0 atom stereocenters. The lowest BCUT2D eigenvalue weighted by molar-refractivity contribution is 0.169. The Morgan fingerprint density at radius 1 is 1.21 bits per heavy atom. The van der Waals surface area contributed by atoms with Crippen LogP contribution in [-0.4, -0.2) is 24.4 Å². The maximum Gasteiger partial charge on any atom is 0.408 e. The first-order valence-electron chi connectivity index (χ1n) is 6.45. The Balaban J connectivity index is 2.90. The normalized spacial score (nSPS) is 11.7. The summed E-state index contributed by atoms with van der Waals surface area (Å²) in [6.07, 6.45) is 1.70. The summed E-state index contributed by atoms with van der Waals surface area (Å²) in [5.74, 6) is 0. The third-order valence-corrected chi connectivity index (χ3v) is 4.65. The minimum atomic E-state index is -3.25. The first kappa shape index (κ1) is 16.1. The van der Waals surface area contributed by atoms with Gasteiger partial charge >= 0.3 is 7.75 Å². The summed E-state index contributed by atoms with van der Waals surface area (Å²) in [6.45, 7) is 8.96. The van der Waals surface area contributed by atoms with Gasteiger partial charge in [0.15, 0.2) is 0 Å². The highest BCUT2D eigenvalue weighted by Crippen LogP contribution is 2.52. The van der Waals surface area contributed by atoms with Crippen LogP contribution in [0.5, 0.6) is 0 Å². The average molecular weight is 283 g/mol. The van der Waals surface area contributed by atoms with Gasteiger partial charge in [-0.1, -0.05) is 36.4 Å². The van der Waals surface area contributed by atoms with E-state index in [1.165, 1.54) is 0 Å². The average Bonchev–Trinajstić information content (AvgIpc) is 2.40. The van der Waals surface area contributed by atoms with Crippen molar-refractivity contribution in [1.82, 2.24) is 4.67 Å². The summed E-state index contributed by atoms with van der Waals surface area (Å²) in [6, 6.07) is 9.82. The van der Waals surface area contributed by atoms with Gasteiger partial charge in [-0.25, -0.2) is 9.24 Å². The molecule has 0 saturated heterocycles. The van der Waals surface area contributed by atoms with E-state index in [0.29, 0.717) is 26.3 Å². The third kappa shape index (κ3) is 4.92. The first-order valence-corrected chi connectivity index (χ1v) is 7.95. The van der Waals surface area contributed by atoms with E-state index in [4.69, 9.17) is 9.05 Å². The zero-order valence-corrected chi connectivity index (χ0v) is 12.5. The van der Waals surface area contributed by atoms with E-state index in [1.54, 1.807) is 24.6 Å². The molecule has 0 aliphatic rings. The van der Waals surface area contributed by atoms with E-state index in [9.17, 15) is 4.57 Å². The molecule has 106 valence electrons. The summed E-state index contributed by atoms with van der Waals surface area (Å²) >= 11 is 0. The minimum absolute atomic E-state index is 0.347. The van der Waals surface area contributed by atoms with E-state index in [2.05, 4.69) is 6.58 Å². The minimum Gasteiger partial charge on any atom is -0.297 e. The second-order valence-corrected chi connectivity index (χ2v) is 5.94. The summed E-state index contributed by atoms with van der Waals surface area (Å²) in [5.41, 5.74) is 1.06. The highest BCUT2D eigenvalue weighted by molar-refractivity contribution is 7.51. The number of rotatable bonds is 9. The van der Waals surface area contributed by atoms with Gasteiger partial charge in [0.25, 0.3) is 0 Å². The third-order valence-electron chi connectivity index (χ3n) is 2.48. The van der Waals surface area contributed by atoms with Gasteiger partial charge in [0.1, 0.15) is 0 Å². The topological polar surface area (TPSA) is 38.8 Å². The SMILES string of the molecule is C=CCN(Cc1ccccc1)P(=O)(OCC)OCC. The highest BCUT2D eigenvalue weighted by Gasteiger charge is 2.32. The number of nitrogens with zero attached hydrogens (tertiary/aromatic N) is 1. The first-order chi connectivity index (χ1) is 9.16. The van der Waals surface area contributed by atoms with Gasteiger partial charge in [-0.2, -0.15) is 0 Å². The van der Waals surface area contributed by atoms with Crippen LogP contribution in [0.15, 0.2) is 43.0 Å². The molecule has 5 heteroatoms. The zero-order chi connectivity index (χ0) is 14.1. The van der Waals surface area contributed by atoms with Crippen LogP contribution in [0.3, 0.4) is 0 Å². The monoisotopic (exact) mass is 283 g/mol. The molecule has 0 aromatic heterocycles. The standard InChI is InChI=1S/C14H22NO3P/c1-4-12-15(13-14-10-8-7-9-11-14)19(16,17-5-2)18-6-3/h4,7-11H,1,5-6,12-13H2,2-3H3. The summed E-state index contributed by atoms with van der Waals surface area (Å²) < 4.78 is 25.2. The summed E-state index contributed by atoms with van der Waals surface area (Å²) in [4.78, 5) is 0. The molecule has 0 aliphatic heterocycles. The van der Waals surface area contributed by atoms with Crippen LogP contribution in [0.25, 0.3) is 0 Å². The van der Waals surface area contributed by atoms with Crippen LogP contribution in [-0.2, 0) is 20.2 Å². The molecule has 0 bridgehead atoms. The zero-order valence-electron chi connectivity index (χ0n) is 11.6. The molecular formula is C14H22NO3P. The lowest BCUT2D eigenvalue weighted by Crippen LogP contribution is -2.23. The maximum absolute atomic E-state index is 12.7. The van der Waals surface area contributed by atoms with Gasteiger partial charge in [-0.05, 0) is 19.4 Å². The maximum atomic E-state index is 12.7. The Kier molecular flexibility index (Phi) is 7.03. The van der Waals surface area contributed by atoms with Crippen molar-refractivity contribution in [2.24, 2.45) is 0 Å². The fourth-order valence-corrected chi connectivity index (χ4v) is 3.43. The van der Waals surface area contributed by atoms with E-state index < -0.39 is 7.75 Å². The molecule has 0 amide bonds. The number of benzene rings is 1. The van der Waals surface area contributed by atoms with Gasteiger partial charge in [-0.15, -0.1) is 6.58 Å². The number of hydrogen-bond acceptors (Lipinski definition) is 3. The van der Waals surface area contributed by atoms with Crippen molar-refractivity contribution in [3.8, 4) is 0 Å². The Morgan fingerprint density at radius 3 is 2.26 bits per heavy atom.